The molecule has 0 atom stereocenters. The fourth-order valence-corrected chi connectivity index (χ4v) is 2.44. The van der Waals surface area contributed by atoms with E-state index in [-0.39, 0.29) is 30.7 Å². The number of nitrogens with zero attached hydrogens (tertiary/aromatic N) is 3. The molecule has 126 valence electrons. The van der Waals surface area contributed by atoms with Crippen molar-refractivity contribution < 1.29 is 4.79 Å². The lowest BCUT2D eigenvalue weighted by atomic mass is 10.0. The van der Waals surface area contributed by atoms with Gasteiger partial charge in [0.2, 0.25) is 5.91 Å². The zero-order chi connectivity index (χ0) is 14.2. The van der Waals surface area contributed by atoms with Gasteiger partial charge in [-0.2, -0.15) is 5.10 Å². The van der Waals surface area contributed by atoms with Crippen LogP contribution in [-0.4, -0.2) is 53.7 Å². The van der Waals surface area contributed by atoms with Crippen molar-refractivity contribution in [3.63, 3.8) is 0 Å². The highest BCUT2D eigenvalue weighted by atomic mass is 35.5. The van der Waals surface area contributed by atoms with Gasteiger partial charge in [-0.15, -0.1) is 29.9 Å². The molecule has 1 aliphatic heterocycles. The van der Waals surface area contributed by atoms with E-state index < -0.39 is 0 Å². The van der Waals surface area contributed by atoms with Crippen LogP contribution in [0.15, 0.2) is 18.3 Å². The molecular formula is C14H25Cl2N5O. The van der Waals surface area contributed by atoms with E-state index in [1.54, 1.807) is 6.20 Å². The van der Waals surface area contributed by atoms with E-state index in [1.165, 1.54) is 0 Å². The summed E-state index contributed by atoms with van der Waals surface area (Å²) in [4.78, 5) is 14.0. The number of likely N-dealkylation sites (tertiary alicyclic amines) is 1. The highest BCUT2D eigenvalue weighted by molar-refractivity contribution is 5.85. The fourth-order valence-electron chi connectivity index (χ4n) is 2.44. The van der Waals surface area contributed by atoms with Gasteiger partial charge in [-0.05, 0) is 45.0 Å². The van der Waals surface area contributed by atoms with Crippen LogP contribution >= 0.6 is 24.8 Å². The van der Waals surface area contributed by atoms with E-state index in [1.807, 2.05) is 24.1 Å². The first-order valence-electron chi connectivity index (χ1n) is 7.26. The highest BCUT2D eigenvalue weighted by Crippen LogP contribution is 2.15. The molecule has 1 amide bonds. The third kappa shape index (κ3) is 6.77. The van der Waals surface area contributed by atoms with Crippen molar-refractivity contribution in [2.45, 2.75) is 31.7 Å². The Morgan fingerprint density at radius 2 is 2.09 bits per heavy atom. The Bertz CT molecular complexity index is 413. The number of anilines is 1. The molecule has 0 aliphatic carbocycles. The molecule has 8 heteroatoms. The van der Waals surface area contributed by atoms with Crippen LogP contribution in [0.2, 0.25) is 0 Å². The molecule has 1 fully saturated rings. The summed E-state index contributed by atoms with van der Waals surface area (Å²) in [6, 6.07) is 4.17. The van der Waals surface area contributed by atoms with Gasteiger partial charge in [-0.1, -0.05) is 0 Å². The van der Waals surface area contributed by atoms with Crippen LogP contribution in [0, 0.1) is 0 Å². The quantitative estimate of drug-likeness (QED) is 0.765. The zero-order valence-corrected chi connectivity index (χ0v) is 14.5. The smallest absolute Gasteiger partial charge is 0.222 e. The van der Waals surface area contributed by atoms with Gasteiger partial charge in [0, 0.05) is 31.7 Å². The molecule has 1 aliphatic rings. The largest absolute Gasteiger partial charge is 0.366 e. The van der Waals surface area contributed by atoms with E-state index in [0.717, 1.165) is 44.7 Å². The number of nitrogens with one attached hydrogen (secondary N) is 2. The van der Waals surface area contributed by atoms with Crippen molar-refractivity contribution in [2.75, 3.05) is 32.0 Å². The normalized spacial score (nSPS) is 14.7. The van der Waals surface area contributed by atoms with Crippen LogP contribution in [0.25, 0.3) is 0 Å². The van der Waals surface area contributed by atoms with Crippen molar-refractivity contribution >= 4 is 36.5 Å². The molecule has 6 nitrogen and oxygen atoms in total. The summed E-state index contributed by atoms with van der Waals surface area (Å²) < 4.78 is 0. The number of aromatic nitrogens is 2. The standard InChI is InChI=1S/C14H23N5O.2ClH/c1-15-8-3-5-14(20)19-10-6-12(7-11-19)17-13-4-2-9-16-18-13;;/h2,4,9,12,15H,3,5-8,10-11H2,1H3,(H,17,18);2*1H. The Kier molecular flexibility index (Phi) is 10.9. The number of amides is 1. The molecular weight excluding hydrogens is 325 g/mol. The van der Waals surface area contributed by atoms with Crippen molar-refractivity contribution in [1.29, 1.82) is 0 Å². The molecule has 2 rings (SSSR count). The van der Waals surface area contributed by atoms with Crippen LogP contribution in [0.3, 0.4) is 0 Å². The van der Waals surface area contributed by atoms with E-state index in [0.29, 0.717) is 12.5 Å². The van der Waals surface area contributed by atoms with Crippen LogP contribution in [0.5, 0.6) is 0 Å². The highest BCUT2D eigenvalue weighted by Gasteiger charge is 2.22. The second-order valence-corrected chi connectivity index (χ2v) is 5.12. The van der Waals surface area contributed by atoms with E-state index in [2.05, 4.69) is 20.8 Å². The number of rotatable bonds is 6. The monoisotopic (exact) mass is 349 g/mol. The van der Waals surface area contributed by atoms with E-state index in [9.17, 15) is 4.79 Å². The van der Waals surface area contributed by atoms with Crippen LogP contribution in [0.4, 0.5) is 5.82 Å². The minimum atomic E-state index is 0. The zero-order valence-electron chi connectivity index (χ0n) is 12.8. The van der Waals surface area contributed by atoms with Crippen molar-refractivity contribution in [3.05, 3.63) is 18.3 Å². The van der Waals surface area contributed by atoms with E-state index in [4.69, 9.17) is 0 Å². The number of carbonyl (C=O) groups excluding carboxylic acids is 1. The topological polar surface area (TPSA) is 70.2 Å². The Hall–Kier alpha value is -1.11. The molecule has 0 unspecified atom stereocenters. The minimum absolute atomic E-state index is 0. The van der Waals surface area contributed by atoms with Gasteiger partial charge in [0.05, 0.1) is 0 Å². The SMILES string of the molecule is CNCCCC(=O)N1CCC(Nc2cccnn2)CC1.Cl.Cl. The van der Waals surface area contributed by atoms with Gasteiger partial charge in [0.1, 0.15) is 5.82 Å². The molecule has 0 aromatic carbocycles. The molecule has 1 aromatic rings. The third-order valence-corrected chi connectivity index (χ3v) is 3.59. The Balaban J connectivity index is 0.00000220. The first-order chi connectivity index (χ1) is 9.79. The Morgan fingerprint density at radius 3 is 2.68 bits per heavy atom. The molecule has 2 N–H and O–H groups in total. The average Bonchev–Trinajstić information content (AvgIpc) is 2.49. The summed E-state index contributed by atoms with van der Waals surface area (Å²) in [5.41, 5.74) is 0. The minimum Gasteiger partial charge on any atom is -0.366 e. The first-order valence-corrected chi connectivity index (χ1v) is 7.26. The molecule has 2 heterocycles. The number of carbonyl (C=O) groups is 1. The number of piperidine rings is 1. The van der Waals surface area contributed by atoms with Crippen molar-refractivity contribution in [3.8, 4) is 0 Å². The summed E-state index contributed by atoms with van der Waals surface area (Å²) in [7, 11) is 1.91. The van der Waals surface area contributed by atoms with Gasteiger partial charge in [-0.3, -0.25) is 4.79 Å². The van der Waals surface area contributed by atoms with Crippen molar-refractivity contribution in [1.82, 2.24) is 20.4 Å². The second kappa shape index (κ2) is 11.5. The summed E-state index contributed by atoms with van der Waals surface area (Å²) >= 11 is 0. The lowest BCUT2D eigenvalue weighted by Gasteiger charge is -2.32. The number of halogens is 2. The number of hydrogen-bond donors (Lipinski definition) is 2. The maximum atomic E-state index is 12.0. The number of hydrogen-bond acceptors (Lipinski definition) is 5. The summed E-state index contributed by atoms with van der Waals surface area (Å²) in [6.45, 7) is 2.56. The summed E-state index contributed by atoms with van der Waals surface area (Å²) in [5.74, 6) is 1.09. The van der Waals surface area contributed by atoms with Gasteiger partial charge in [0.15, 0.2) is 0 Å². The van der Waals surface area contributed by atoms with Crippen LogP contribution in [-0.2, 0) is 4.79 Å². The lowest BCUT2D eigenvalue weighted by Crippen LogP contribution is -2.42. The molecule has 0 bridgehead atoms. The van der Waals surface area contributed by atoms with Crippen molar-refractivity contribution in [2.24, 2.45) is 0 Å². The summed E-state index contributed by atoms with van der Waals surface area (Å²) in [5, 5.41) is 14.3. The third-order valence-electron chi connectivity index (χ3n) is 3.59. The Labute approximate surface area is 144 Å². The van der Waals surface area contributed by atoms with Gasteiger partial charge >= 0.3 is 0 Å². The molecule has 1 aromatic heterocycles. The predicted octanol–water partition coefficient (Wildman–Crippen LogP) is 1.72. The van der Waals surface area contributed by atoms with Gasteiger partial charge in [0.25, 0.3) is 0 Å². The molecule has 0 spiro atoms. The maximum absolute atomic E-state index is 12.0. The van der Waals surface area contributed by atoms with E-state index >= 15 is 0 Å². The van der Waals surface area contributed by atoms with Crippen LogP contribution < -0.4 is 10.6 Å². The Morgan fingerprint density at radius 1 is 1.36 bits per heavy atom. The first kappa shape index (κ1) is 20.9. The average molecular weight is 350 g/mol. The van der Waals surface area contributed by atoms with Gasteiger partial charge < -0.3 is 15.5 Å². The lowest BCUT2D eigenvalue weighted by molar-refractivity contribution is -0.132. The predicted molar refractivity (Wildman–Crippen MR) is 92.9 cm³/mol. The second-order valence-electron chi connectivity index (χ2n) is 5.12. The van der Waals surface area contributed by atoms with Crippen LogP contribution in [0.1, 0.15) is 25.7 Å². The fraction of sp³-hybridized carbons (Fsp3) is 0.643. The summed E-state index contributed by atoms with van der Waals surface area (Å²) in [6.07, 6.45) is 5.15. The molecule has 0 saturated carbocycles. The molecule has 22 heavy (non-hydrogen) atoms. The molecule has 0 radical (unpaired) electrons. The maximum Gasteiger partial charge on any atom is 0.222 e. The molecule has 1 saturated heterocycles. The van der Waals surface area contributed by atoms with Gasteiger partial charge in [-0.25, -0.2) is 0 Å².